The summed E-state index contributed by atoms with van der Waals surface area (Å²) in [5, 5.41) is 20.9. The lowest BCUT2D eigenvalue weighted by molar-refractivity contribution is -0.143. The largest absolute Gasteiger partial charge is 0.494 e. The Morgan fingerprint density at radius 3 is 2.68 bits per heavy atom. The Labute approximate surface area is 112 Å². The van der Waals surface area contributed by atoms with Gasteiger partial charge in [-0.25, -0.2) is 4.79 Å². The summed E-state index contributed by atoms with van der Waals surface area (Å²) in [5.74, 6) is -1.30. The summed E-state index contributed by atoms with van der Waals surface area (Å²) in [6.45, 7) is 0. The Morgan fingerprint density at radius 1 is 1.42 bits per heavy atom. The van der Waals surface area contributed by atoms with Gasteiger partial charge >= 0.3 is 5.97 Å². The lowest BCUT2D eigenvalue weighted by Gasteiger charge is -2.24. The van der Waals surface area contributed by atoms with Crippen LogP contribution < -0.4 is 10.9 Å². The average Bonchev–Trinajstić information content (AvgIpc) is 2.77. The Kier molecular flexibility index (Phi) is 3.52. The smallest absolute Gasteiger partial charge is 0.330 e. The summed E-state index contributed by atoms with van der Waals surface area (Å²) in [4.78, 5) is 36.5. The zero-order valence-electron chi connectivity index (χ0n) is 9.80. The van der Waals surface area contributed by atoms with Gasteiger partial charge in [0.15, 0.2) is 5.88 Å². The normalized spacial score (nSPS) is 22.1. The number of hydrogen-bond donors (Lipinski definition) is 4. The first-order chi connectivity index (χ1) is 8.93. The van der Waals surface area contributed by atoms with Gasteiger partial charge in [0.05, 0.1) is 5.56 Å². The van der Waals surface area contributed by atoms with Crippen molar-refractivity contribution < 1.29 is 19.8 Å². The molecule has 1 aliphatic heterocycles. The third-order valence-electron chi connectivity index (χ3n) is 2.88. The Morgan fingerprint density at radius 2 is 2.16 bits per heavy atom. The van der Waals surface area contributed by atoms with E-state index in [1.165, 1.54) is 11.8 Å². The Balaban J connectivity index is 2.25. The predicted octanol–water partition coefficient (Wildman–Crippen LogP) is -0.229. The van der Waals surface area contributed by atoms with Crippen molar-refractivity contribution in [2.45, 2.75) is 12.0 Å². The molecule has 2 heterocycles. The van der Waals surface area contributed by atoms with Crippen molar-refractivity contribution >= 4 is 23.6 Å². The molecule has 19 heavy (non-hydrogen) atoms. The van der Waals surface area contributed by atoms with E-state index in [1.54, 1.807) is 0 Å². The number of aromatic nitrogens is 1. The Hall–Kier alpha value is -1.96. The van der Waals surface area contributed by atoms with Crippen LogP contribution in [-0.4, -0.2) is 44.1 Å². The van der Waals surface area contributed by atoms with E-state index in [9.17, 15) is 24.6 Å². The molecule has 0 spiro atoms. The molecule has 1 unspecified atom stereocenters. The van der Waals surface area contributed by atoms with Gasteiger partial charge in [-0.15, -0.1) is 0 Å². The highest BCUT2D eigenvalue weighted by Gasteiger charge is 2.43. The minimum Gasteiger partial charge on any atom is -0.494 e. The van der Waals surface area contributed by atoms with E-state index in [0.29, 0.717) is 12.2 Å². The van der Waals surface area contributed by atoms with Crippen molar-refractivity contribution in [3.05, 3.63) is 28.0 Å². The van der Waals surface area contributed by atoms with Crippen LogP contribution in [0, 0.1) is 0 Å². The highest BCUT2D eigenvalue weighted by molar-refractivity contribution is 7.99. The molecule has 1 aromatic rings. The van der Waals surface area contributed by atoms with E-state index in [-0.39, 0.29) is 11.3 Å². The average molecular weight is 284 g/mol. The second kappa shape index (κ2) is 4.96. The zero-order chi connectivity index (χ0) is 14.0. The Bertz CT molecular complexity index is 577. The van der Waals surface area contributed by atoms with Crippen LogP contribution in [-0.2, 0) is 4.79 Å². The van der Waals surface area contributed by atoms with Crippen LogP contribution in [0.5, 0.6) is 5.88 Å². The predicted molar refractivity (Wildman–Crippen MR) is 68.5 cm³/mol. The van der Waals surface area contributed by atoms with Crippen molar-refractivity contribution in [1.29, 1.82) is 0 Å². The summed E-state index contributed by atoms with van der Waals surface area (Å²) in [7, 11) is 0. The van der Waals surface area contributed by atoms with Crippen LogP contribution in [0.2, 0.25) is 0 Å². The number of H-pyrrole nitrogens is 1. The molecule has 0 aliphatic carbocycles. The van der Waals surface area contributed by atoms with Gasteiger partial charge < -0.3 is 15.5 Å². The van der Waals surface area contributed by atoms with Crippen LogP contribution in [0.25, 0.3) is 0 Å². The van der Waals surface area contributed by atoms with Crippen LogP contribution in [0.3, 0.4) is 0 Å². The van der Waals surface area contributed by atoms with Crippen molar-refractivity contribution in [3.63, 3.8) is 0 Å². The fraction of sp³-hybridized carbons (Fsp3) is 0.364. The maximum absolute atomic E-state index is 12.0. The number of thioether (sulfide) groups is 1. The van der Waals surface area contributed by atoms with E-state index >= 15 is 0 Å². The number of carboxylic acids is 1. The van der Waals surface area contributed by atoms with E-state index in [0.717, 1.165) is 12.1 Å². The molecule has 1 amide bonds. The molecule has 0 saturated carbocycles. The first kappa shape index (κ1) is 13.5. The number of carbonyl (C=O) groups excluding carboxylic acids is 1. The van der Waals surface area contributed by atoms with Gasteiger partial charge in [0.1, 0.15) is 5.54 Å². The summed E-state index contributed by atoms with van der Waals surface area (Å²) in [5.41, 5.74) is -2.01. The van der Waals surface area contributed by atoms with Gasteiger partial charge in [-0.05, 0) is 12.2 Å². The molecule has 1 atom stereocenters. The molecule has 1 fully saturated rings. The number of aromatic amines is 1. The van der Waals surface area contributed by atoms with Crippen LogP contribution >= 0.6 is 11.8 Å². The van der Waals surface area contributed by atoms with E-state index in [4.69, 9.17) is 0 Å². The fourth-order valence-corrected chi connectivity index (χ4v) is 3.16. The summed E-state index contributed by atoms with van der Waals surface area (Å²) < 4.78 is 0. The molecule has 8 heteroatoms. The standard InChI is InChI=1S/C11H12N2O5S/c14-7-3-6(4-8(15)12-7)9(16)13-11(10(17)18)1-2-19-5-11/h3-4H,1-2,5H2,(H,13,16)(H,17,18)(H2,12,14,15). The second-order valence-electron chi connectivity index (χ2n) is 4.26. The minimum atomic E-state index is -1.31. The fourth-order valence-electron chi connectivity index (χ4n) is 1.83. The maximum Gasteiger partial charge on any atom is 0.330 e. The van der Waals surface area contributed by atoms with Crippen molar-refractivity contribution in [1.82, 2.24) is 10.3 Å². The molecule has 1 aromatic heterocycles. The molecular weight excluding hydrogens is 272 g/mol. The number of carbonyl (C=O) groups is 2. The zero-order valence-corrected chi connectivity index (χ0v) is 10.6. The topological polar surface area (TPSA) is 119 Å². The molecular formula is C11H12N2O5S. The highest BCUT2D eigenvalue weighted by Crippen LogP contribution is 2.28. The lowest BCUT2D eigenvalue weighted by Crippen LogP contribution is -2.54. The van der Waals surface area contributed by atoms with Crippen LogP contribution in [0.4, 0.5) is 0 Å². The summed E-state index contributed by atoms with van der Waals surface area (Å²) >= 11 is 1.44. The van der Waals surface area contributed by atoms with Gasteiger partial charge in [0.2, 0.25) is 0 Å². The molecule has 1 saturated heterocycles. The number of aromatic hydroxyl groups is 1. The van der Waals surface area contributed by atoms with Gasteiger partial charge in [-0.3, -0.25) is 14.6 Å². The summed E-state index contributed by atoms with van der Waals surface area (Å²) in [6, 6.07) is 2.08. The quantitative estimate of drug-likeness (QED) is 0.608. The third kappa shape index (κ3) is 2.73. The van der Waals surface area contributed by atoms with Crippen molar-refractivity contribution in [3.8, 4) is 5.88 Å². The monoisotopic (exact) mass is 284 g/mol. The maximum atomic E-state index is 12.0. The number of amides is 1. The van der Waals surface area contributed by atoms with Crippen molar-refractivity contribution in [2.75, 3.05) is 11.5 Å². The molecule has 102 valence electrons. The number of carboxylic acid groups (broad SMARTS) is 1. The van der Waals surface area contributed by atoms with E-state index < -0.39 is 28.9 Å². The molecule has 2 rings (SSSR count). The molecule has 1 aliphatic rings. The third-order valence-corrected chi connectivity index (χ3v) is 4.07. The van der Waals surface area contributed by atoms with Crippen molar-refractivity contribution in [2.24, 2.45) is 0 Å². The molecule has 7 nitrogen and oxygen atoms in total. The first-order valence-corrected chi connectivity index (χ1v) is 6.65. The van der Waals surface area contributed by atoms with E-state index in [1.807, 2.05) is 0 Å². The number of aliphatic carboxylic acids is 1. The van der Waals surface area contributed by atoms with Gasteiger partial charge in [0, 0.05) is 17.9 Å². The molecule has 0 aromatic carbocycles. The molecule has 4 N–H and O–H groups in total. The SMILES string of the molecule is O=C(NC1(C(=O)O)CCSC1)c1cc(O)[nH]c(=O)c1. The number of nitrogens with one attached hydrogen (secondary N) is 2. The molecule has 0 bridgehead atoms. The number of pyridine rings is 1. The second-order valence-corrected chi connectivity index (χ2v) is 5.37. The van der Waals surface area contributed by atoms with Crippen LogP contribution in [0.1, 0.15) is 16.8 Å². The highest BCUT2D eigenvalue weighted by atomic mass is 32.2. The number of rotatable bonds is 3. The number of hydrogen-bond acceptors (Lipinski definition) is 5. The van der Waals surface area contributed by atoms with Gasteiger partial charge in [-0.2, -0.15) is 11.8 Å². The summed E-state index contributed by atoms with van der Waals surface area (Å²) in [6.07, 6.45) is 0.327. The minimum absolute atomic E-state index is 0.0706. The molecule has 0 radical (unpaired) electrons. The lowest BCUT2D eigenvalue weighted by atomic mass is 9.98. The van der Waals surface area contributed by atoms with Gasteiger partial charge in [-0.1, -0.05) is 0 Å². The van der Waals surface area contributed by atoms with Gasteiger partial charge in [0.25, 0.3) is 11.5 Å². The van der Waals surface area contributed by atoms with Crippen LogP contribution in [0.15, 0.2) is 16.9 Å². The first-order valence-electron chi connectivity index (χ1n) is 5.50. The van der Waals surface area contributed by atoms with E-state index in [2.05, 4.69) is 10.3 Å².